The zero-order valence-corrected chi connectivity index (χ0v) is 20.8. The Balaban J connectivity index is 1.15. The van der Waals surface area contributed by atoms with E-state index in [1.165, 1.54) is 0 Å². The molecule has 1 N–H and O–H groups in total. The number of pyridine rings is 1. The van der Waals surface area contributed by atoms with Crippen LogP contribution < -0.4 is 5.32 Å². The molecule has 35 heavy (non-hydrogen) atoms. The van der Waals surface area contributed by atoms with Crippen LogP contribution in [0, 0.1) is 32.1 Å². The van der Waals surface area contributed by atoms with Gasteiger partial charge in [0.1, 0.15) is 0 Å². The highest BCUT2D eigenvalue weighted by Gasteiger charge is 2.58. The predicted octanol–water partition coefficient (Wildman–Crippen LogP) is 3.68. The molecule has 0 unspecified atom stereocenters. The number of piperidine rings is 1. The molecule has 1 aliphatic heterocycles. The molecule has 1 aliphatic carbocycles. The van der Waals surface area contributed by atoms with Crippen LogP contribution in [0.25, 0.3) is 5.69 Å². The Bertz CT molecular complexity index is 1240. The molecule has 5 rings (SSSR count). The lowest BCUT2D eigenvalue weighted by Gasteiger charge is -2.33. The lowest BCUT2D eigenvalue weighted by Crippen LogP contribution is -2.41. The largest absolute Gasteiger partial charge is 0.350 e. The third-order valence-electron chi connectivity index (χ3n) is 7.78. The van der Waals surface area contributed by atoms with E-state index in [1.807, 2.05) is 78.9 Å². The van der Waals surface area contributed by atoms with Gasteiger partial charge < -0.3 is 10.2 Å². The third-order valence-corrected chi connectivity index (χ3v) is 7.78. The molecule has 1 atom stereocenters. The number of para-hydroxylation sites is 1. The van der Waals surface area contributed by atoms with Crippen molar-refractivity contribution >= 4 is 11.8 Å². The summed E-state index contributed by atoms with van der Waals surface area (Å²) >= 11 is 0. The molecule has 1 spiro atoms. The fourth-order valence-corrected chi connectivity index (χ4v) is 5.49. The van der Waals surface area contributed by atoms with E-state index >= 15 is 0 Å². The first kappa shape index (κ1) is 23.3. The van der Waals surface area contributed by atoms with Crippen molar-refractivity contribution in [2.45, 2.75) is 53.0 Å². The maximum atomic E-state index is 13.2. The number of benzene rings is 1. The second kappa shape index (κ2) is 9.29. The Kier molecular flexibility index (Phi) is 6.17. The standard InChI is InChI=1S/C28H33N5O2/c1-19-8-7-9-22(30-19)18-29-27(35)25-17-28(25)12-14-32(15-13-28)26(34)16-24-20(2)31-33(21(24)3)23-10-5-4-6-11-23/h4-11,25H,12-18H2,1-3H3,(H,29,35)/t25-/m0/s1. The molecule has 7 heteroatoms. The average Bonchev–Trinajstić information content (AvgIpc) is 3.49. The topological polar surface area (TPSA) is 80.1 Å². The summed E-state index contributed by atoms with van der Waals surface area (Å²) in [4.78, 5) is 32.3. The summed E-state index contributed by atoms with van der Waals surface area (Å²) in [6.45, 7) is 7.85. The molecule has 0 radical (unpaired) electrons. The first-order valence-electron chi connectivity index (χ1n) is 12.4. The number of aromatic nitrogens is 3. The number of carbonyl (C=O) groups excluding carboxylic acids is 2. The smallest absolute Gasteiger partial charge is 0.227 e. The van der Waals surface area contributed by atoms with Crippen molar-refractivity contribution < 1.29 is 9.59 Å². The van der Waals surface area contributed by atoms with Gasteiger partial charge in [-0.3, -0.25) is 14.6 Å². The van der Waals surface area contributed by atoms with Crippen molar-refractivity contribution in [2.75, 3.05) is 13.1 Å². The van der Waals surface area contributed by atoms with Crippen molar-refractivity contribution in [1.82, 2.24) is 25.0 Å². The molecular weight excluding hydrogens is 438 g/mol. The number of nitrogens with one attached hydrogen (secondary N) is 1. The molecular formula is C28H33N5O2. The van der Waals surface area contributed by atoms with Crippen LogP contribution in [-0.2, 0) is 22.6 Å². The number of hydrogen-bond donors (Lipinski definition) is 1. The lowest BCUT2D eigenvalue weighted by molar-refractivity contribution is -0.132. The summed E-state index contributed by atoms with van der Waals surface area (Å²) in [5.74, 6) is 0.316. The Hall–Kier alpha value is -3.48. The highest BCUT2D eigenvalue weighted by molar-refractivity contribution is 5.83. The van der Waals surface area contributed by atoms with E-state index in [1.54, 1.807) is 0 Å². The van der Waals surface area contributed by atoms with Gasteiger partial charge in [-0.15, -0.1) is 0 Å². The summed E-state index contributed by atoms with van der Waals surface area (Å²) in [6.07, 6.45) is 3.07. The van der Waals surface area contributed by atoms with E-state index in [2.05, 4.69) is 15.4 Å². The highest BCUT2D eigenvalue weighted by atomic mass is 16.2. The van der Waals surface area contributed by atoms with Crippen molar-refractivity contribution in [3.8, 4) is 5.69 Å². The van der Waals surface area contributed by atoms with E-state index < -0.39 is 0 Å². The van der Waals surface area contributed by atoms with Gasteiger partial charge in [-0.1, -0.05) is 24.3 Å². The monoisotopic (exact) mass is 471 g/mol. The number of rotatable bonds is 6. The second-order valence-corrected chi connectivity index (χ2v) is 10.1. The molecule has 3 heterocycles. The molecule has 0 bridgehead atoms. The first-order valence-corrected chi connectivity index (χ1v) is 12.4. The first-order chi connectivity index (χ1) is 16.9. The van der Waals surface area contributed by atoms with E-state index in [0.29, 0.717) is 26.1 Å². The molecule has 1 aromatic carbocycles. The molecule has 1 saturated heterocycles. The van der Waals surface area contributed by atoms with Gasteiger partial charge in [0.2, 0.25) is 11.8 Å². The number of aryl methyl sites for hydroxylation is 2. The molecule has 2 aliphatic rings. The predicted molar refractivity (Wildman–Crippen MR) is 134 cm³/mol. The average molecular weight is 472 g/mol. The fourth-order valence-electron chi connectivity index (χ4n) is 5.49. The lowest BCUT2D eigenvalue weighted by atomic mass is 9.90. The minimum Gasteiger partial charge on any atom is -0.350 e. The SMILES string of the molecule is Cc1cccc(CNC(=O)[C@@H]2CC23CCN(C(=O)Cc2c(C)nn(-c4ccccc4)c2C)CC3)n1. The fraction of sp³-hybridized carbons (Fsp3) is 0.429. The molecule has 2 fully saturated rings. The van der Waals surface area contributed by atoms with Gasteiger partial charge >= 0.3 is 0 Å². The maximum absolute atomic E-state index is 13.2. The van der Waals surface area contributed by atoms with Crippen molar-refractivity contribution in [3.63, 3.8) is 0 Å². The van der Waals surface area contributed by atoms with Gasteiger partial charge in [0, 0.05) is 36.0 Å². The zero-order valence-electron chi connectivity index (χ0n) is 20.8. The maximum Gasteiger partial charge on any atom is 0.227 e. The quantitative estimate of drug-likeness (QED) is 0.595. The van der Waals surface area contributed by atoms with Gasteiger partial charge in [0.25, 0.3) is 0 Å². The van der Waals surface area contributed by atoms with Crippen LogP contribution in [0.2, 0.25) is 0 Å². The molecule has 3 aromatic rings. The van der Waals surface area contributed by atoms with Crippen molar-refractivity contribution in [2.24, 2.45) is 11.3 Å². The Labute approximate surface area is 206 Å². The molecule has 182 valence electrons. The minimum absolute atomic E-state index is 0.0538. The summed E-state index contributed by atoms with van der Waals surface area (Å²) < 4.78 is 1.92. The summed E-state index contributed by atoms with van der Waals surface area (Å²) in [6, 6.07) is 15.9. The number of nitrogens with zero attached hydrogens (tertiary/aromatic N) is 4. The van der Waals surface area contributed by atoms with Gasteiger partial charge in [0.15, 0.2) is 0 Å². The molecule has 2 amide bonds. The van der Waals surface area contributed by atoms with Crippen LogP contribution in [0.4, 0.5) is 0 Å². The number of hydrogen-bond acceptors (Lipinski definition) is 4. The van der Waals surface area contributed by atoms with Gasteiger partial charge in [0.05, 0.1) is 30.0 Å². The van der Waals surface area contributed by atoms with Crippen LogP contribution in [-0.4, -0.2) is 44.6 Å². The third kappa shape index (κ3) is 4.72. The summed E-state index contributed by atoms with van der Waals surface area (Å²) in [5.41, 5.74) is 5.82. The van der Waals surface area contributed by atoms with Crippen LogP contribution in [0.1, 0.15) is 47.6 Å². The van der Waals surface area contributed by atoms with Crippen LogP contribution in [0.15, 0.2) is 48.5 Å². The molecule has 1 saturated carbocycles. The van der Waals surface area contributed by atoms with E-state index in [9.17, 15) is 9.59 Å². The van der Waals surface area contributed by atoms with Crippen molar-refractivity contribution in [1.29, 1.82) is 0 Å². The van der Waals surface area contributed by atoms with Crippen LogP contribution in [0.5, 0.6) is 0 Å². The highest BCUT2D eigenvalue weighted by Crippen LogP contribution is 2.59. The molecule has 2 aromatic heterocycles. The summed E-state index contributed by atoms with van der Waals surface area (Å²) in [7, 11) is 0. The normalized spacial score (nSPS) is 18.5. The van der Waals surface area contributed by atoms with Gasteiger partial charge in [-0.05, 0) is 69.7 Å². The van der Waals surface area contributed by atoms with E-state index in [4.69, 9.17) is 0 Å². The molecule has 7 nitrogen and oxygen atoms in total. The second-order valence-electron chi connectivity index (χ2n) is 10.1. The number of likely N-dealkylation sites (tertiary alicyclic amines) is 1. The Morgan fingerprint density at radius 2 is 1.77 bits per heavy atom. The number of amides is 2. The minimum atomic E-state index is 0.0538. The van der Waals surface area contributed by atoms with Crippen molar-refractivity contribution in [3.05, 3.63) is 76.9 Å². The van der Waals surface area contributed by atoms with E-state index in [0.717, 1.165) is 53.3 Å². The zero-order chi connectivity index (χ0) is 24.6. The van der Waals surface area contributed by atoms with Gasteiger partial charge in [-0.2, -0.15) is 5.10 Å². The van der Waals surface area contributed by atoms with Crippen LogP contribution >= 0.6 is 0 Å². The van der Waals surface area contributed by atoms with Gasteiger partial charge in [-0.25, -0.2) is 4.68 Å². The summed E-state index contributed by atoms with van der Waals surface area (Å²) in [5, 5.41) is 7.75. The van der Waals surface area contributed by atoms with Crippen LogP contribution in [0.3, 0.4) is 0 Å². The Morgan fingerprint density at radius 3 is 2.49 bits per heavy atom. The van der Waals surface area contributed by atoms with E-state index in [-0.39, 0.29) is 23.1 Å². The Morgan fingerprint density at radius 1 is 1.03 bits per heavy atom. The number of carbonyl (C=O) groups is 2.